The van der Waals surface area contributed by atoms with E-state index in [2.05, 4.69) is 63.0 Å². The number of pyridine rings is 1. The predicted molar refractivity (Wildman–Crippen MR) is 124 cm³/mol. The van der Waals surface area contributed by atoms with Crippen LogP contribution in [0.1, 0.15) is 33.5 Å². The highest BCUT2D eigenvalue weighted by atomic mass is 32.1. The first-order chi connectivity index (χ1) is 14.4. The highest BCUT2D eigenvalue weighted by Gasteiger charge is 2.22. The van der Waals surface area contributed by atoms with Gasteiger partial charge >= 0.3 is 0 Å². The molecule has 30 heavy (non-hydrogen) atoms. The lowest BCUT2D eigenvalue weighted by Gasteiger charge is -2.20. The maximum absolute atomic E-state index is 13.5. The third kappa shape index (κ3) is 4.12. The Kier molecular flexibility index (Phi) is 5.64. The standard InChI is InChI=1S/C25H25N3OS/c1-16-8-9-17(2)20(13-16)14-22(29)28(15-21-7-5-6-12-26-21)25-27-23-18(3)10-11-19(4)24(23)30-25/h5-13H,14-15H2,1-4H3. The van der Waals surface area contributed by atoms with E-state index in [9.17, 15) is 4.79 Å². The Morgan fingerprint density at radius 3 is 2.47 bits per heavy atom. The molecule has 2 aromatic heterocycles. The second kappa shape index (κ2) is 8.36. The van der Waals surface area contributed by atoms with E-state index in [1.807, 2.05) is 18.2 Å². The molecule has 0 fully saturated rings. The van der Waals surface area contributed by atoms with Gasteiger partial charge in [-0.2, -0.15) is 0 Å². The first-order valence-electron chi connectivity index (χ1n) is 10.1. The van der Waals surface area contributed by atoms with Crippen molar-refractivity contribution in [1.82, 2.24) is 9.97 Å². The molecular formula is C25H25N3OS. The Morgan fingerprint density at radius 1 is 0.967 bits per heavy atom. The largest absolute Gasteiger partial charge is 0.282 e. The number of rotatable bonds is 5. The summed E-state index contributed by atoms with van der Waals surface area (Å²) in [5.41, 5.74) is 7.46. The predicted octanol–water partition coefficient (Wildman–Crippen LogP) is 5.70. The van der Waals surface area contributed by atoms with E-state index in [1.54, 1.807) is 22.4 Å². The van der Waals surface area contributed by atoms with Crippen LogP contribution in [0.4, 0.5) is 5.13 Å². The molecule has 2 heterocycles. The molecule has 0 unspecified atom stereocenters. The lowest BCUT2D eigenvalue weighted by molar-refractivity contribution is -0.118. The molecule has 5 heteroatoms. The second-order valence-corrected chi connectivity index (χ2v) is 8.76. The van der Waals surface area contributed by atoms with Crippen molar-refractivity contribution in [3.63, 3.8) is 0 Å². The number of carbonyl (C=O) groups is 1. The SMILES string of the molecule is Cc1ccc(C)c(CC(=O)N(Cc2ccccn2)c2nc3c(C)ccc(C)c3s2)c1. The number of hydrogen-bond acceptors (Lipinski definition) is 4. The molecule has 4 nitrogen and oxygen atoms in total. The highest BCUT2D eigenvalue weighted by Crippen LogP contribution is 2.34. The molecule has 2 aromatic carbocycles. The van der Waals surface area contributed by atoms with Gasteiger partial charge in [0.2, 0.25) is 5.91 Å². The van der Waals surface area contributed by atoms with E-state index in [0.29, 0.717) is 13.0 Å². The van der Waals surface area contributed by atoms with Gasteiger partial charge in [0.15, 0.2) is 5.13 Å². The van der Waals surface area contributed by atoms with Crippen LogP contribution in [0, 0.1) is 27.7 Å². The van der Waals surface area contributed by atoms with Gasteiger partial charge < -0.3 is 0 Å². The van der Waals surface area contributed by atoms with Gasteiger partial charge in [0.1, 0.15) is 0 Å². The smallest absolute Gasteiger partial charge is 0.233 e. The molecule has 152 valence electrons. The summed E-state index contributed by atoms with van der Waals surface area (Å²) < 4.78 is 1.13. The van der Waals surface area contributed by atoms with Gasteiger partial charge in [-0.3, -0.25) is 14.7 Å². The number of thiazole rings is 1. The Hall–Kier alpha value is -3.05. The number of anilines is 1. The summed E-state index contributed by atoms with van der Waals surface area (Å²) in [6, 6.07) is 16.2. The molecule has 0 aliphatic heterocycles. The average molecular weight is 416 g/mol. The summed E-state index contributed by atoms with van der Waals surface area (Å²) >= 11 is 1.58. The highest BCUT2D eigenvalue weighted by molar-refractivity contribution is 7.22. The number of aromatic nitrogens is 2. The summed E-state index contributed by atoms with van der Waals surface area (Å²) in [7, 11) is 0. The second-order valence-electron chi connectivity index (χ2n) is 7.78. The van der Waals surface area contributed by atoms with Gasteiger partial charge in [-0.15, -0.1) is 0 Å². The first kappa shape index (κ1) is 20.2. The number of aryl methyl sites for hydroxylation is 4. The van der Waals surface area contributed by atoms with Crippen LogP contribution in [-0.4, -0.2) is 15.9 Å². The van der Waals surface area contributed by atoms with Crippen LogP contribution < -0.4 is 4.90 Å². The monoisotopic (exact) mass is 415 g/mol. The average Bonchev–Trinajstić information content (AvgIpc) is 3.19. The van der Waals surface area contributed by atoms with E-state index < -0.39 is 0 Å². The minimum atomic E-state index is 0.0312. The molecule has 4 aromatic rings. The van der Waals surface area contributed by atoms with Gasteiger partial charge in [-0.1, -0.05) is 53.3 Å². The van der Waals surface area contributed by atoms with Crippen molar-refractivity contribution in [2.75, 3.05) is 4.90 Å². The van der Waals surface area contributed by atoms with Gasteiger partial charge in [-0.05, 0) is 62.1 Å². The van der Waals surface area contributed by atoms with Gasteiger partial charge in [0, 0.05) is 6.20 Å². The molecular weight excluding hydrogens is 390 g/mol. The van der Waals surface area contributed by atoms with Crippen LogP contribution in [0.3, 0.4) is 0 Å². The van der Waals surface area contributed by atoms with Crippen LogP contribution in [0.25, 0.3) is 10.2 Å². The fraction of sp³-hybridized carbons (Fsp3) is 0.240. The van der Waals surface area contributed by atoms with Crippen molar-refractivity contribution in [3.05, 3.63) is 88.2 Å². The molecule has 0 atom stereocenters. The Balaban J connectivity index is 1.74. The van der Waals surface area contributed by atoms with E-state index in [4.69, 9.17) is 4.98 Å². The van der Waals surface area contributed by atoms with Gasteiger partial charge in [0.25, 0.3) is 0 Å². The minimum Gasteiger partial charge on any atom is -0.282 e. The maximum atomic E-state index is 13.5. The summed E-state index contributed by atoms with van der Waals surface area (Å²) in [5, 5.41) is 0.725. The lowest BCUT2D eigenvalue weighted by Crippen LogP contribution is -2.32. The maximum Gasteiger partial charge on any atom is 0.233 e. The number of fused-ring (bicyclic) bond motifs is 1. The quantitative estimate of drug-likeness (QED) is 0.420. The van der Waals surface area contributed by atoms with Gasteiger partial charge in [-0.25, -0.2) is 4.98 Å². The molecule has 0 spiro atoms. The van der Waals surface area contributed by atoms with E-state index in [-0.39, 0.29) is 5.91 Å². The van der Waals surface area contributed by atoms with Crippen molar-refractivity contribution in [2.24, 2.45) is 0 Å². The van der Waals surface area contributed by atoms with Crippen LogP contribution in [0.2, 0.25) is 0 Å². The van der Waals surface area contributed by atoms with Crippen molar-refractivity contribution in [3.8, 4) is 0 Å². The fourth-order valence-electron chi connectivity index (χ4n) is 3.53. The Bertz CT molecular complexity index is 1180. The number of nitrogens with zero attached hydrogens (tertiary/aromatic N) is 3. The third-order valence-electron chi connectivity index (χ3n) is 5.36. The molecule has 0 saturated heterocycles. The lowest BCUT2D eigenvalue weighted by atomic mass is 10.0. The Morgan fingerprint density at radius 2 is 1.73 bits per heavy atom. The molecule has 0 radical (unpaired) electrons. The summed E-state index contributed by atoms with van der Waals surface area (Å²) in [6.07, 6.45) is 2.10. The molecule has 0 saturated carbocycles. The third-order valence-corrected chi connectivity index (χ3v) is 6.57. The number of carbonyl (C=O) groups excluding carboxylic acids is 1. The zero-order chi connectivity index (χ0) is 21.3. The summed E-state index contributed by atoms with van der Waals surface area (Å²) in [5.74, 6) is 0.0312. The molecule has 4 rings (SSSR count). The van der Waals surface area contributed by atoms with Crippen LogP contribution in [0.15, 0.2) is 54.7 Å². The molecule has 0 N–H and O–H groups in total. The normalized spacial score (nSPS) is 11.1. The molecule has 0 aliphatic carbocycles. The van der Waals surface area contributed by atoms with Crippen LogP contribution in [-0.2, 0) is 17.8 Å². The van der Waals surface area contributed by atoms with Crippen molar-refractivity contribution in [1.29, 1.82) is 0 Å². The summed E-state index contributed by atoms with van der Waals surface area (Å²) in [4.78, 5) is 24.6. The molecule has 1 amide bonds. The van der Waals surface area contributed by atoms with Crippen molar-refractivity contribution < 1.29 is 4.79 Å². The first-order valence-corrected chi connectivity index (χ1v) is 10.9. The zero-order valence-electron chi connectivity index (χ0n) is 17.8. The van der Waals surface area contributed by atoms with E-state index in [0.717, 1.165) is 43.3 Å². The number of hydrogen-bond donors (Lipinski definition) is 0. The number of benzene rings is 2. The minimum absolute atomic E-state index is 0.0312. The van der Waals surface area contributed by atoms with Crippen molar-refractivity contribution in [2.45, 2.75) is 40.7 Å². The van der Waals surface area contributed by atoms with E-state index >= 15 is 0 Å². The molecule has 0 bridgehead atoms. The van der Waals surface area contributed by atoms with E-state index in [1.165, 1.54) is 5.56 Å². The fourth-order valence-corrected chi connectivity index (χ4v) is 4.66. The van der Waals surface area contributed by atoms with Crippen LogP contribution >= 0.6 is 11.3 Å². The van der Waals surface area contributed by atoms with Crippen LogP contribution in [0.5, 0.6) is 0 Å². The zero-order valence-corrected chi connectivity index (χ0v) is 18.6. The Labute approximate surface area is 181 Å². The van der Waals surface area contributed by atoms with Gasteiger partial charge in [0.05, 0.1) is 28.9 Å². The molecule has 0 aliphatic rings. The van der Waals surface area contributed by atoms with Crippen molar-refractivity contribution >= 4 is 32.6 Å². The summed E-state index contributed by atoms with van der Waals surface area (Å²) in [6.45, 7) is 8.66. The topological polar surface area (TPSA) is 46.1 Å². The number of amides is 1.